The molecule has 0 unspecified atom stereocenters. The van der Waals surface area contributed by atoms with E-state index in [2.05, 4.69) is 11.2 Å². The number of terminal acetylenes is 1. The molecule has 1 saturated carbocycles. The van der Waals surface area contributed by atoms with Crippen LogP contribution in [0.4, 0.5) is 0 Å². The number of hydrogen-bond donors (Lipinski definition) is 1. The lowest BCUT2D eigenvalue weighted by molar-refractivity contribution is -0.129. The van der Waals surface area contributed by atoms with E-state index in [1.807, 2.05) is 0 Å². The van der Waals surface area contributed by atoms with Gasteiger partial charge in [0.2, 0.25) is 5.91 Å². The molecule has 2 aliphatic rings. The van der Waals surface area contributed by atoms with Crippen LogP contribution in [0.2, 0.25) is 0 Å². The Labute approximate surface area is 79.1 Å². The van der Waals surface area contributed by atoms with E-state index in [9.17, 15) is 4.79 Å². The molecule has 1 aliphatic heterocycles. The Kier molecular flexibility index (Phi) is 2.03. The highest BCUT2D eigenvalue weighted by Crippen LogP contribution is 2.43. The molecule has 1 saturated heterocycles. The number of rotatable bonds is 0. The van der Waals surface area contributed by atoms with Gasteiger partial charge in [0.25, 0.3) is 0 Å². The van der Waals surface area contributed by atoms with Gasteiger partial charge in [-0.2, -0.15) is 0 Å². The summed E-state index contributed by atoms with van der Waals surface area (Å²) in [5.74, 6) is 3.48. The van der Waals surface area contributed by atoms with Gasteiger partial charge in [0.05, 0.1) is 5.41 Å². The van der Waals surface area contributed by atoms with E-state index in [4.69, 9.17) is 6.42 Å². The molecule has 2 nitrogen and oxygen atoms in total. The largest absolute Gasteiger partial charge is 0.356 e. The molecule has 13 heavy (non-hydrogen) atoms. The van der Waals surface area contributed by atoms with Gasteiger partial charge in [-0.25, -0.2) is 0 Å². The first-order chi connectivity index (χ1) is 6.27. The second kappa shape index (κ2) is 3.06. The average Bonchev–Trinajstić information content (AvgIpc) is 2.50. The number of carbonyl (C=O) groups excluding carboxylic acids is 1. The predicted octanol–water partition coefficient (Wildman–Crippen LogP) is 1.32. The van der Waals surface area contributed by atoms with Crippen LogP contribution < -0.4 is 5.32 Å². The van der Waals surface area contributed by atoms with Crippen LogP contribution in [0.1, 0.15) is 32.1 Å². The van der Waals surface area contributed by atoms with Crippen LogP contribution >= 0.6 is 0 Å². The van der Waals surface area contributed by atoms with Crippen molar-refractivity contribution in [2.45, 2.75) is 32.1 Å². The Bertz CT molecular complexity index is 256. The molecule has 2 heteroatoms. The van der Waals surface area contributed by atoms with Crippen LogP contribution in [0.5, 0.6) is 0 Å². The monoisotopic (exact) mass is 177 g/mol. The molecule has 0 radical (unpaired) electrons. The molecular formula is C11H15NO. The van der Waals surface area contributed by atoms with Crippen molar-refractivity contribution in [3.05, 3.63) is 0 Å². The van der Waals surface area contributed by atoms with Crippen LogP contribution in [-0.4, -0.2) is 12.5 Å². The van der Waals surface area contributed by atoms with Crippen LogP contribution in [-0.2, 0) is 4.79 Å². The van der Waals surface area contributed by atoms with E-state index in [1.165, 1.54) is 0 Å². The van der Waals surface area contributed by atoms with Crippen molar-refractivity contribution >= 4 is 5.91 Å². The zero-order chi connectivity index (χ0) is 9.31. The van der Waals surface area contributed by atoms with Crippen molar-refractivity contribution in [1.82, 2.24) is 5.32 Å². The molecule has 70 valence electrons. The Morgan fingerprint density at radius 2 is 2.08 bits per heavy atom. The minimum absolute atomic E-state index is 0.0344. The van der Waals surface area contributed by atoms with Crippen LogP contribution in [0.3, 0.4) is 0 Å². The van der Waals surface area contributed by atoms with Gasteiger partial charge < -0.3 is 5.32 Å². The van der Waals surface area contributed by atoms with E-state index in [0.717, 1.165) is 38.6 Å². The lowest BCUT2D eigenvalue weighted by atomic mass is 9.70. The van der Waals surface area contributed by atoms with Crippen molar-refractivity contribution in [3.8, 4) is 12.3 Å². The molecule has 0 aromatic carbocycles. The molecule has 0 aromatic heterocycles. The van der Waals surface area contributed by atoms with Crippen LogP contribution in [0, 0.1) is 23.7 Å². The minimum atomic E-state index is -0.0344. The zero-order valence-corrected chi connectivity index (χ0v) is 7.81. The maximum atomic E-state index is 11.6. The average molecular weight is 177 g/mol. The molecule has 1 heterocycles. The van der Waals surface area contributed by atoms with Gasteiger partial charge in [0, 0.05) is 12.5 Å². The summed E-state index contributed by atoms with van der Waals surface area (Å²) in [6.07, 6.45) is 10.4. The van der Waals surface area contributed by atoms with Crippen molar-refractivity contribution in [2.75, 3.05) is 6.54 Å². The number of hydrogen-bond acceptors (Lipinski definition) is 1. The minimum Gasteiger partial charge on any atom is -0.356 e. The van der Waals surface area contributed by atoms with Gasteiger partial charge in [-0.1, -0.05) is 0 Å². The molecule has 2 rings (SSSR count). The van der Waals surface area contributed by atoms with Crippen LogP contribution in [0.25, 0.3) is 0 Å². The van der Waals surface area contributed by atoms with Gasteiger partial charge in [-0.15, -0.1) is 12.3 Å². The summed E-state index contributed by atoms with van der Waals surface area (Å²) >= 11 is 0. The van der Waals surface area contributed by atoms with Gasteiger partial charge in [-0.3, -0.25) is 4.79 Å². The number of nitrogens with one attached hydrogen (secondary N) is 1. The highest BCUT2D eigenvalue weighted by Gasteiger charge is 2.44. The summed E-state index contributed by atoms with van der Waals surface area (Å²) in [5.41, 5.74) is -0.0344. The molecule has 2 fully saturated rings. The third kappa shape index (κ3) is 1.33. The zero-order valence-electron chi connectivity index (χ0n) is 7.81. The predicted molar refractivity (Wildman–Crippen MR) is 50.9 cm³/mol. The SMILES string of the molecule is C#CC1CCC2(CCNC2=O)CC1. The van der Waals surface area contributed by atoms with Gasteiger partial charge in [0.1, 0.15) is 0 Å². The van der Waals surface area contributed by atoms with Crippen molar-refractivity contribution < 1.29 is 4.79 Å². The normalized spacial score (nSPS) is 38.7. The fraction of sp³-hybridized carbons (Fsp3) is 0.727. The Morgan fingerprint density at radius 3 is 2.54 bits per heavy atom. The van der Waals surface area contributed by atoms with Crippen molar-refractivity contribution in [1.29, 1.82) is 0 Å². The molecule has 1 amide bonds. The van der Waals surface area contributed by atoms with E-state index in [0.29, 0.717) is 5.92 Å². The smallest absolute Gasteiger partial charge is 0.226 e. The first-order valence-corrected chi connectivity index (χ1v) is 5.01. The van der Waals surface area contributed by atoms with Crippen molar-refractivity contribution in [2.24, 2.45) is 11.3 Å². The molecule has 0 bridgehead atoms. The first kappa shape index (κ1) is 8.62. The number of amides is 1. The van der Waals surface area contributed by atoms with E-state index >= 15 is 0 Å². The summed E-state index contributed by atoms with van der Waals surface area (Å²) in [5, 5.41) is 2.92. The molecule has 1 N–H and O–H groups in total. The second-order valence-electron chi connectivity index (χ2n) is 4.23. The molecule has 1 aliphatic carbocycles. The quantitative estimate of drug-likeness (QED) is 0.555. The first-order valence-electron chi connectivity index (χ1n) is 5.01. The maximum Gasteiger partial charge on any atom is 0.226 e. The Hall–Kier alpha value is -0.970. The van der Waals surface area contributed by atoms with Gasteiger partial charge >= 0.3 is 0 Å². The van der Waals surface area contributed by atoms with Crippen molar-refractivity contribution in [3.63, 3.8) is 0 Å². The fourth-order valence-electron chi connectivity index (χ4n) is 2.53. The second-order valence-corrected chi connectivity index (χ2v) is 4.23. The molecular weight excluding hydrogens is 162 g/mol. The standard InChI is InChI=1S/C11H15NO/c1-2-9-3-5-11(6-4-9)7-8-12-10(11)13/h1,9H,3-8H2,(H,12,13). The summed E-state index contributed by atoms with van der Waals surface area (Å²) < 4.78 is 0. The third-order valence-corrected chi connectivity index (χ3v) is 3.55. The Balaban J connectivity index is 2.04. The molecule has 0 atom stereocenters. The van der Waals surface area contributed by atoms with Gasteiger partial charge in [-0.05, 0) is 32.1 Å². The fourth-order valence-corrected chi connectivity index (χ4v) is 2.53. The van der Waals surface area contributed by atoms with E-state index < -0.39 is 0 Å². The molecule has 1 spiro atoms. The highest BCUT2D eigenvalue weighted by atomic mass is 16.2. The lowest BCUT2D eigenvalue weighted by Gasteiger charge is -2.32. The van der Waals surface area contributed by atoms with E-state index in [-0.39, 0.29) is 11.3 Å². The lowest BCUT2D eigenvalue weighted by Crippen LogP contribution is -2.34. The maximum absolute atomic E-state index is 11.6. The summed E-state index contributed by atoms with van der Waals surface area (Å²) in [7, 11) is 0. The third-order valence-electron chi connectivity index (χ3n) is 3.55. The summed E-state index contributed by atoms with van der Waals surface area (Å²) in [6, 6.07) is 0. The van der Waals surface area contributed by atoms with Crippen LogP contribution in [0.15, 0.2) is 0 Å². The van der Waals surface area contributed by atoms with E-state index in [1.54, 1.807) is 0 Å². The Morgan fingerprint density at radius 1 is 1.38 bits per heavy atom. The topological polar surface area (TPSA) is 29.1 Å². The summed E-state index contributed by atoms with van der Waals surface area (Å²) in [4.78, 5) is 11.6. The molecule has 0 aromatic rings. The van der Waals surface area contributed by atoms with Gasteiger partial charge in [0.15, 0.2) is 0 Å². The highest BCUT2D eigenvalue weighted by molar-refractivity contribution is 5.84. The summed E-state index contributed by atoms with van der Waals surface area (Å²) in [6.45, 7) is 0.861. The number of carbonyl (C=O) groups is 1.